The number of ether oxygens (including phenoxy) is 1. The van der Waals surface area contributed by atoms with Gasteiger partial charge in [0.1, 0.15) is 5.75 Å². The number of benzene rings is 2. The fourth-order valence-electron chi connectivity index (χ4n) is 2.66. The zero-order chi connectivity index (χ0) is 16.9. The van der Waals surface area contributed by atoms with Gasteiger partial charge in [-0.2, -0.15) is 0 Å². The Morgan fingerprint density at radius 2 is 1.83 bits per heavy atom. The summed E-state index contributed by atoms with van der Waals surface area (Å²) in [5.41, 5.74) is 1.27. The highest BCUT2D eigenvalue weighted by atomic mass is 16.5. The quantitative estimate of drug-likeness (QED) is 0.940. The number of carbonyl (C=O) groups is 2. The van der Waals surface area contributed by atoms with Gasteiger partial charge >= 0.3 is 0 Å². The maximum atomic E-state index is 12.9. The fraction of sp³-hybridized carbons (Fsp3) is 0.263. The van der Waals surface area contributed by atoms with Crippen LogP contribution < -0.4 is 15.0 Å². The molecule has 1 aliphatic rings. The molecule has 0 unspecified atom stereocenters. The molecule has 2 aromatic carbocycles. The number of hydrogen-bond donors (Lipinski definition) is 1. The third kappa shape index (κ3) is 3.25. The standard InChI is InChI=1S/C19H20N2O3/c1-2-12-20-18(22)17-13-21(15-10-6-7-11-16(15)24-17)19(23)14-8-4-3-5-9-14/h3-11,17H,2,12-13H2,1H3,(H,20,22)/t17-/m1/s1. The van der Waals surface area contributed by atoms with Gasteiger partial charge in [-0.15, -0.1) is 0 Å². The van der Waals surface area contributed by atoms with Crippen molar-refractivity contribution < 1.29 is 14.3 Å². The van der Waals surface area contributed by atoms with Crippen molar-refractivity contribution in [2.75, 3.05) is 18.0 Å². The second-order valence-electron chi connectivity index (χ2n) is 5.65. The van der Waals surface area contributed by atoms with Crippen LogP contribution in [-0.4, -0.2) is 31.0 Å². The molecule has 1 atom stereocenters. The fourth-order valence-corrected chi connectivity index (χ4v) is 2.66. The number of hydrogen-bond acceptors (Lipinski definition) is 3. The maximum absolute atomic E-state index is 12.9. The van der Waals surface area contributed by atoms with E-state index in [1.165, 1.54) is 0 Å². The van der Waals surface area contributed by atoms with E-state index in [0.717, 1.165) is 6.42 Å². The minimum absolute atomic E-state index is 0.139. The molecule has 5 heteroatoms. The van der Waals surface area contributed by atoms with E-state index < -0.39 is 6.10 Å². The van der Waals surface area contributed by atoms with Gasteiger partial charge in [0, 0.05) is 12.1 Å². The second kappa shape index (κ2) is 7.17. The topological polar surface area (TPSA) is 58.6 Å². The van der Waals surface area contributed by atoms with Crippen LogP contribution in [0.25, 0.3) is 0 Å². The van der Waals surface area contributed by atoms with E-state index >= 15 is 0 Å². The van der Waals surface area contributed by atoms with Gasteiger partial charge in [0.25, 0.3) is 11.8 Å². The third-order valence-corrected chi connectivity index (χ3v) is 3.88. The Bertz CT molecular complexity index is 730. The van der Waals surface area contributed by atoms with E-state index in [4.69, 9.17) is 4.74 Å². The lowest BCUT2D eigenvalue weighted by Crippen LogP contribution is -2.50. The normalized spacial score (nSPS) is 16.0. The van der Waals surface area contributed by atoms with Gasteiger partial charge in [0.2, 0.25) is 0 Å². The molecule has 0 spiro atoms. The predicted molar refractivity (Wildman–Crippen MR) is 92.3 cm³/mol. The lowest BCUT2D eigenvalue weighted by atomic mass is 10.1. The molecule has 124 valence electrons. The summed E-state index contributed by atoms with van der Waals surface area (Å²) >= 11 is 0. The van der Waals surface area contributed by atoms with E-state index in [-0.39, 0.29) is 18.4 Å². The number of anilines is 1. The first-order chi connectivity index (χ1) is 11.7. The van der Waals surface area contributed by atoms with Crippen molar-refractivity contribution >= 4 is 17.5 Å². The summed E-state index contributed by atoms with van der Waals surface area (Å²) in [5.74, 6) is 0.210. The number of fused-ring (bicyclic) bond motifs is 1. The molecule has 2 amide bonds. The summed E-state index contributed by atoms with van der Waals surface area (Å²) in [4.78, 5) is 26.8. The van der Waals surface area contributed by atoms with Gasteiger partial charge in [-0.05, 0) is 30.7 Å². The Balaban J connectivity index is 1.89. The van der Waals surface area contributed by atoms with Gasteiger partial charge in [0.05, 0.1) is 12.2 Å². The predicted octanol–water partition coefficient (Wildman–Crippen LogP) is 2.62. The van der Waals surface area contributed by atoms with Crippen molar-refractivity contribution in [3.63, 3.8) is 0 Å². The van der Waals surface area contributed by atoms with Gasteiger partial charge in [0.15, 0.2) is 6.10 Å². The first kappa shape index (κ1) is 16.1. The molecule has 1 heterocycles. The maximum Gasteiger partial charge on any atom is 0.262 e. The highest BCUT2D eigenvalue weighted by molar-refractivity contribution is 6.07. The number of para-hydroxylation sites is 2. The van der Waals surface area contributed by atoms with Crippen LogP contribution in [0.1, 0.15) is 23.7 Å². The molecule has 0 aliphatic carbocycles. The number of nitrogens with one attached hydrogen (secondary N) is 1. The van der Waals surface area contributed by atoms with Crippen LogP contribution in [0.15, 0.2) is 54.6 Å². The molecule has 24 heavy (non-hydrogen) atoms. The molecule has 0 aromatic heterocycles. The van der Waals surface area contributed by atoms with Crippen LogP contribution in [0, 0.1) is 0 Å². The molecule has 0 saturated heterocycles. The first-order valence-corrected chi connectivity index (χ1v) is 8.11. The van der Waals surface area contributed by atoms with Gasteiger partial charge in [-0.25, -0.2) is 0 Å². The van der Waals surface area contributed by atoms with E-state index in [2.05, 4.69) is 5.32 Å². The molecule has 2 aromatic rings. The van der Waals surface area contributed by atoms with Crippen molar-refractivity contribution in [1.29, 1.82) is 0 Å². The monoisotopic (exact) mass is 324 g/mol. The molecule has 0 saturated carbocycles. The SMILES string of the molecule is CCCNC(=O)[C@H]1CN(C(=O)c2ccccc2)c2ccccc2O1. The summed E-state index contributed by atoms with van der Waals surface area (Å²) in [6.07, 6.45) is 0.140. The lowest BCUT2D eigenvalue weighted by Gasteiger charge is -2.34. The zero-order valence-corrected chi connectivity index (χ0v) is 13.6. The number of nitrogens with zero attached hydrogens (tertiary/aromatic N) is 1. The molecule has 1 N–H and O–H groups in total. The van der Waals surface area contributed by atoms with Crippen molar-refractivity contribution in [2.45, 2.75) is 19.4 Å². The van der Waals surface area contributed by atoms with Crippen molar-refractivity contribution in [3.05, 3.63) is 60.2 Å². The van der Waals surface area contributed by atoms with E-state index in [1.807, 2.05) is 43.3 Å². The van der Waals surface area contributed by atoms with E-state index in [0.29, 0.717) is 23.5 Å². The molecule has 0 fully saturated rings. The molecule has 3 rings (SSSR count). The summed E-state index contributed by atoms with van der Waals surface area (Å²) < 4.78 is 5.80. The lowest BCUT2D eigenvalue weighted by molar-refractivity contribution is -0.127. The van der Waals surface area contributed by atoms with Crippen LogP contribution in [0.2, 0.25) is 0 Å². The smallest absolute Gasteiger partial charge is 0.262 e. The summed E-state index contributed by atoms with van der Waals surface area (Å²) in [6, 6.07) is 16.3. The first-order valence-electron chi connectivity index (χ1n) is 8.11. The molecule has 0 radical (unpaired) electrons. The number of carbonyl (C=O) groups excluding carboxylic acids is 2. The average Bonchev–Trinajstić information content (AvgIpc) is 2.65. The van der Waals surface area contributed by atoms with Gasteiger partial charge in [-0.1, -0.05) is 37.3 Å². The highest BCUT2D eigenvalue weighted by Crippen LogP contribution is 2.34. The minimum Gasteiger partial charge on any atom is -0.477 e. The van der Waals surface area contributed by atoms with E-state index in [9.17, 15) is 9.59 Å². The van der Waals surface area contributed by atoms with Gasteiger partial charge in [-0.3, -0.25) is 9.59 Å². The molecule has 5 nitrogen and oxygen atoms in total. The minimum atomic E-state index is -0.709. The number of amides is 2. The van der Waals surface area contributed by atoms with Gasteiger partial charge < -0.3 is 15.0 Å². The Kier molecular flexibility index (Phi) is 4.79. The Morgan fingerprint density at radius 3 is 2.58 bits per heavy atom. The number of rotatable bonds is 4. The average molecular weight is 324 g/mol. The van der Waals surface area contributed by atoms with Crippen molar-refractivity contribution in [3.8, 4) is 5.75 Å². The molecular formula is C19H20N2O3. The van der Waals surface area contributed by atoms with E-state index in [1.54, 1.807) is 23.1 Å². The molecular weight excluding hydrogens is 304 g/mol. The zero-order valence-electron chi connectivity index (χ0n) is 13.6. The van der Waals surface area contributed by atoms with Crippen molar-refractivity contribution in [1.82, 2.24) is 5.32 Å². The summed E-state index contributed by atoms with van der Waals surface area (Å²) in [5, 5.41) is 2.83. The largest absolute Gasteiger partial charge is 0.477 e. The van der Waals surface area contributed by atoms with Crippen molar-refractivity contribution in [2.24, 2.45) is 0 Å². The Morgan fingerprint density at radius 1 is 1.12 bits per heavy atom. The van der Waals surface area contributed by atoms with Crippen LogP contribution in [0.5, 0.6) is 5.75 Å². The summed E-state index contributed by atoms with van der Waals surface area (Å²) in [7, 11) is 0. The van der Waals surface area contributed by atoms with Crippen LogP contribution >= 0.6 is 0 Å². The summed E-state index contributed by atoms with van der Waals surface area (Å²) in [6.45, 7) is 2.77. The second-order valence-corrected chi connectivity index (χ2v) is 5.65. The molecule has 1 aliphatic heterocycles. The third-order valence-electron chi connectivity index (χ3n) is 3.88. The molecule has 0 bridgehead atoms. The van der Waals surface area contributed by atoms with Crippen LogP contribution in [0.4, 0.5) is 5.69 Å². The van der Waals surface area contributed by atoms with Crippen LogP contribution in [-0.2, 0) is 4.79 Å². The Hall–Kier alpha value is -2.82. The Labute approximate surface area is 141 Å². The highest BCUT2D eigenvalue weighted by Gasteiger charge is 2.33. The van der Waals surface area contributed by atoms with Crippen LogP contribution in [0.3, 0.4) is 0 Å².